The van der Waals surface area contributed by atoms with Gasteiger partial charge in [0, 0.05) is 0 Å². The van der Waals surface area contributed by atoms with Crippen LogP contribution >= 0.6 is 23.2 Å². The van der Waals surface area contributed by atoms with Crippen molar-refractivity contribution in [1.29, 1.82) is 0 Å². The maximum absolute atomic E-state index is 6.39. The molecule has 3 heteroatoms. The summed E-state index contributed by atoms with van der Waals surface area (Å²) in [5.41, 5.74) is 7.57. The van der Waals surface area contributed by atoms with Gasteiger partial charge in [0.25, 0.3) is 0 Å². The van der Waals surface area contributed by atoms with E-state index in [2.05, 4.69) is 0 Å². The molecule has 17 heavy (non-hydrogen) atoms. The van der Waals surface area contributed by atoms with Gasteiger partial charge in [-0.05, 0) is 24.1 Å². The third-order valence-corrected chi connectivity index (χ3v) is 3.70. The molecule has 0 aliphatic rings. The molecular formula is C14H13Cl2N. The Labute approximate surface area is 111 Å². The van der Waals surface area contributed by atoms with E-state index in [-0.39, 0.29) is 0 Å². The Kier molecular flexibility index (Phi) is 3.43. The van der Waals surface area contributed by atoms with Crippen LogP contribution in [0.15, 0.2) is 48.5 Å². The maximum Gasteiger partial charge on any atom is 0.0652 e. The van der Waals surface area contributed by atoms with Crippen LogP contribution in [0.1, 0.15) is 18.1 Å². The predicted octanol–water partition coefficient (Wildman–Crippen LogP) is 4.22. The van der Waals surface area contributed by atoms with E-state index in [1.807, 2.05) is 49.4 Å². The van der Waals surface area contributed by atoms with Crippen molar-refractivity contribution in [2.75, 3.05) is 0 Å². The van der Waals surface area contributed by atoms with Gasteiger partial charge in [-0.25, -0.2) is 0 Å². The standard InChI is InChI=1S/C14H13Cl2N/c1-14(17,10-6-3-2-4-7-10)11-8-5-9-12(15)13(11)16/h2-9H,17H2,1H3. The van der Waals surface area contributed by atoms with Crippen LogP contribution < -0.4 is 5.73 Å². The first-order valence-electron chi connectivity index (χ1n) is 5.32. The summed E-state index contributed by atoms with van der Waals surface area (Å²) >= 11 is 12.2. The largest absolute Gasteiger partial charge is 0.318 e. The van der Waals surface area contributed by atoms with Gasteiger partial charge in [0.1, 0.15) is 0 Å². The van der Waals surface area contributed by atoms with Crippen molar-refractivity contribution >= 4 is 23.2 Å². The number of nitrogens with two attached hydrogens (primary N) is 1. The maximum atomic E-state index is 6.39. The van der Waals surface area contributed by atoms with E-state index in [1.54, 1.807) is 6.07 Å². The normalized spacial score (nSPS) is 14.4. The fourth-order valence-electron chi connectivity index (χ4n) is 1.84. The van der Waals surface area contributed by atoms with Gasteiger partial charge in [0.2, 0.25) is 0 Å². The van der Waals surface area contributed by atoms with E-state index in [0.29, 0.717) is 10.0 Å². The SMILES string of the molecule is CC(N)(c1ccccc1)c1cccc(Cl)c1Cl. The van der Waals surface area contributed by atoms with Crippen LogP contribution in [-0.2, 0) is 5.54 Å². The number of benzene rings is 2. The molecule has 0 heterocycles. The zero-order valence-electron chi connectivity index (χ0n) is 9.45. The summed E-state index contributed by atoms with van der Waals surface area (Å²) in [7, 11) is 0. The van der Waals surface area contributed by atoms with Crippen molar-refractivity contribution in [3.8, 4) is 0 Å². The molecule has 2 N–H and O–H groups in total. The van der Waals surface area contributed by atoms with Gasteiger partial charge in [0.05, 0.1) is 15.6 Å². The lowest BCUT2D eigenvalue weighted by Crippen LogP contribution is -2.34. The summed E-state index contributed by atoms with van der Waals surface area (Å²) in [6.45, 7) is 1.93. The number of rotatable bonds is 2. The molecule has 0 fully saturated rings. The van der Waals surface area contributed by atoms with Gasteiger partial charge in [-0.1, -0.05) is 65.7 Å². The van der Waals surface area contributed by atoms with Gasteiger partial charge in [-0.2, -0.15) is 0 Å². The fourth-order valence-corrected chi connectivity index (χ4v) is 2.34. The fraction of sp³-hybridized carbons (Fsp3) is 0.143. The topological polar surface area (TPSA) is 26.0 Å². The molecule has 1 unspecified atom stereocenters. The highest BCUT2D eigenvalue weighted by atomic mass is 35.5. The van der Waals surface area contributed by atoms with Crippen LogP contribution in [-0.4, -0.2) is 0 Å². The summed E-state index contributed by atoms with van der Waals surface area (Å²) in [5.74, 6) is 0. The highest BCUT2D eigenvalue weighted by molar-refractivity contribution is 6.42. The second kappa shape index (κ2) is 4.69. The summed E-state index contributed by atoms with van der Waals surface area (Å²) in [5, 5.41) is 1.04. The molecule has 2 aromatic rings. The molecule has 88 valence electrons. The van der Waals surface area contributed by atoms with E-state index < -0.39 is 5.54 Å². The molecule has 2 aromatic carbocycles. The minimum Gasteiger partial charge on any atom is -0.318 e. The third kappa shape index (κ3) is 2.32. The molecule has 0 amide bonds. The molecular weight excluding hydrogens is 253 g/mol. The smallest absolute Gasteiger partial charge is 0.0652 e. The van der Waals surface area contributed by atoms with Gasteiger partial charge in [-0.3, -0.25) is 0 Å². The van der Waals surface area contributed by atoms with Crippen molar-refractivity contribution in [1.82, 2.24) is 0 Å². The number of hydrogen-bond acceptors (Lipinski definition) is 1. The number of halogens is 2. The zero-order valence-corrected chi connectivity index (χ0v) is 11.0. The molecule has 0 aliphatic carbocycles. The molecule has 2 rings (SSSR count). The monoisotopic (exact) mass is 265 g/mol. The summed E-state index contributed by atoms with van der Waals surface area (Å²) in [4.78, 5) is 0. The lowest BCUT2D eigenvalue weighted by molar-refractivity contribution is 0.603. The Morgan fingerprint density at radius 2 is 1.59 bits per heavy atom. The second-order valence-corrected chi connectivity index (χ2v) is 4.95. The predicted molar refractivity (Wildman–Crippen MR) is 73.5 cm³/mol. The minimum atomic E-state index is -0.650. The van der Waals surface area contributed by atoms with Crippen LogP contribution in [0.5, 0.6) is 0 Å². The second-order valence-electron chi connectivity index (χ2n) is 4.17. The Morgan fingerprint density at radius 3 is 2.24 bits per heavy atom. The van der Waals surface area contributed by atoms with Crippen molar-refractivity contribution in [2.24, 2.45) is 5.73 Å². The molecule has 0 spiro atoms. The zero-order chi connectivity index (χ0) is 12.5. The number of hydrogen-bond donors (Lipinski definition) is 1. The van der Waals surface area contributed by atoms with E-state index in [0.717, 1.165) is 11.1 Å². The van der Waals surface area contributed by atoms with Crippen LogP contribution in [0.25, 0.3) is 0 Å². The molecule has 0 saturated heterocycles. The lowest BCUT2D eigenvalue weighted by Gasteiger charge is -2.27. The van der Waals surface area contributed by atoms with Gasteiger partial charge >= 0.3 is 0 Å². The first-order chi connectivity index (χ1) is 8.03. The van der Waals surface area contributed by atoms with E-state index in [4.69, 9.17) is 28.9 Å². The van der Waals surface area contributed by atoms with Gasteiger partial charge < -0.3 is 5.73 Å². The highest BCUT2D eigenvalue weighted by Crippen LogP contribution is 2.35. The molecule has 0 bridgehead atoms. The van der Waals surface area contributed by atoms with Crippen LogP contribution in [0.3, 0.4) is 0 Å². The van der Waals surface area contributed by atoms with Gasteiger partial charge in [-0.15, -0.1) is 0 Å². The summed E-state index contributed by atoms with van der Waals surface area (Å²) < 4.78 is 0. The summed E-state index contributed by atoms with van der Waals surface area (Å²) in [6.07, 6.45) is 0. The van der Waals surface area contributed by atoms with Gasteiger partial charge in [0.15, 0.2) is 0 Å². The quantitative estimate of drug-likeness (QED) is 0.865. The molecule has 1 atom stereocenters. The lowest BCUT2D eigenvalue weighted by atomic mass is 9.86. The summed E-state index contributed by atoms with van der Waals surface area (Å²) in [6, 6.07) is 15.4. The molecule has 0 radical (unpaired) electrons. The van der Waals surface area contributed by atoms with Crippen molar-refractivity contribution in [2.45, 2.75) is 12.5 Å². The Hall–Kier alpha value is -1.02. The van der Waals surface area contributed by atoms with Crippen molar-refractivity contribution in [3.63, 3.8) is 0 Å². The first-order valence-corrected chi connectivity index (χ1v) is 6.08. The molecule has 0 saturated carbocycles. The molecule has 1 nitrogen and oxygen atoms in total. The third-order valence-electron chi connectivity index (χ3n) is 2.88. The van der Waals surface area contributed by atoms with E-state index in [9.17, 15) is 0 Å². The van der Waals surface area contributed by atoms with Crippen LogP contribution in [0, 0.1) is 0 Å². The van der Waals surface area contributed by atoms with Crippen LogP contribution in [0.2, 0.25) is 10.0 Å². The van der Waals surface area contributed by atoms with Crippen LogP contribution in [0.4, 0.5) is 0 Å². The van der Waals surface area contributed by atoms with Crippen molar-refractivity contribution in [3.05, 3.63) is 69.7 Å². The van der Waals surface area contributed by atoms with Crippen molar-refractivity contribution < 1.29 is 0 Å². The average Bonchev–Trinajstić information content (AvgIpc) is 2.33. The highest BCUT2D eigenvalue weighted by Gasteiger charge is 2.26. The Morgan fingerprint density at radius 1 is 0.941 bits per heavy atom. The Bertz CT molecular complexity index is 521. The van der Waals surface area contributed by atoms with E-state index in [1.165, 1.54) is 0 Å². The Balaban J connectivity index is 2.56. The average molecular weight is 266 g/mol. The molecule has 0 aromatic heterocycles. The minimum absolute atomic E-state index is 0.517. The molecule has 0 aliphatic heterocycles. The van der Waals surface area contributed by atoms with E-state index >= 15 is 0 Å². The first kappa shape index (κ1) is 12.4.